The van der Waals surface area contributed by atoms with Gasteiger partial charge < -0.3 is 24.4 Å². The van der Waals surface area contributed by atoms with Crippen LogP contribution in [0.5, 0.6) is 17.2 Å². The van der Waals surface area contributed by atoms with E-state index in [1.54, 1.807) is 30.3 Å². The minimum absolute atomic E-state index is 0.0613. The monoisotopic (exact) mass is 374 g/mol. The van der Waals surface area contributed by atoms with Gasteiger partial charge in [0.1, 0.15) is 5.75 Å². The lowest BCUT2D eigenvalue weighted by Crippen LogP contribution is -2.50. The van der Waals surface area contributed by atoms with Gasteiger partial charge in [-0.2, -0.15) is 0 Å². The molecule has 134 valence electrons. The molecule has 0 bridgehead atoms. The third-order valence-electron chi connectivity index (χ3n) is 4.23. The lowest BCUT2D eigenvalue weighted by molar-refractivity contribution is -0.127. The Labute approximate surface area is 154 Å². The number of nitrogens with one attached hydrogen (secondary N) is 1. The summed E-state index contributed by atoms with van der Waals surface area (Å²) in [5.74, 6) is 0.697. The number of amides is 2. The summed E-state index contributed by atoms with van der Waals surface area (Å²) in [6, 6.07) is 10.2. The average Bonchev–Trinajstić information content (AvgIpc) is 3.15. The fraction of sp³-hybridized carbons (Fsp3) is 0.222. The van der Waals surface area contributed by atoms with Crippen molar-refractivity contribution in [1.82, 2.24) is 5.32 Å². The van der Waals surface area contributed by atoms with Crippen LogP contribution in [0.3, 0.4) is 0 Å². The molecule has 2 aromatic carbocycles. The van der Waals surface area contributed by atoms with Crippen LogP contribution in [0.4, 0.5) is 5.69 Å². The summed E-state index contributed by atoms with van der Waals surface area (Å²) in [6.07, 6.45) is -0.802. The molecular weight excluding hydrogens is 360 g/mol. The summed E-state index contributed by atoms with van der Waals surface area (Å²) in [7, 11) is 1.52. The number of anilines is 1. The zero-order valence-corrected chi connectivity index (χ0v) is 14.6. The summed E-state index contributed by atoms with van der Waals surface area (Å²) >= 11 is 6.20. The molecule has 2 aliphatic heterocycles. The molecule has 2 amide bonds. The van der Waals surface area contributed by atoms with E-state index in [-0.39, 0.29) is 25.2 Å². The largest absolute Gasteiger partial charge is 0.477 e. The van der Waals surface area contributed by atoms with E-state index >= 15 is 0 Å². The molecule has 0 aliphatic carbocycles. The first kappa shape index (κ1) is 16.5. The van der Waals surface area contributed by atoms with Crippen molar-refractivity contribution < 1.29 is 23.8 Å². The number of carbonyl (C=O) groups is 2. The second-order valence-corrected chi connectivity index (χ2v) is 6.20. The van der Waals surface area contributed by atoms with E-state index in [1.165, 1.54) is 18.0 Å². The van der Waals surface area contributed by atoms with E-state index in [4.69, 9.17) is 25.8 Å². The van der Waals surface area contributed by atoms with Crippen LogP contribution < -0.4 is 24.4 Å². The minimum atomic E-state index is -0.802. The highest BCUT2D eigenvalue weighted by Gasteiger charge is 2.34. The van der Waals surface area contributed by atoms with Crippen molar-refractivity contribution in [2.45, 2.75) is 6.10 Å². The smallest absolute Gasteiger partial charge is 0.262 e. The third-order valence-corrected chi connectivity index (χ3v) is 4.51. The second kappa shape index (κ2) is 6.42. The lowest BCUT2D eigenvalue weighted by atomic mass is 10.1. The molecule has 0 unspecified atom stereocenters. The first-order valence-corrected chi connectivity index (χ1v) is 8.34. The molecule has 0 spiro atoms. The Balaban J connectivity index is 1.73. The van der Waals surface area contributed by atoms with Gasteiger partial charge in [-0.1, -0.05) is 23.7 Å². The van der Waals surface area contributed by atoms with Crippen molar-refractivity contribution in [3.8, 4) is 17.2 Å². The lowest BCUT2D eigenvalue weighted by Gasteiger charge is -2.34. The zero-order valence-electron chi connectivity index (χ0n) is 13.8. The molecule has 26 heavy (non-hydrogen) atoms. The first-order chi connectivity index (χ1) is 12.6. The molecular formula is C18H15ClN2O5. The van der Waals surface area contributed by atoms with Crippen molar-refractivity contribution in [2.24, 2.45) is 0 Å². The van der Waals surface area contributed by atoms with Crippen molar-refractivity contribution in [3.05, 3.63) is 47.0 Å². The van der Waals surface area contributed by atoms with Gasteiger partial charge in [0, 0.05) is 12.6 Å². The van der Waals surface area contributed by atoms with Crippen LogP contribution in [0.25, 0.3) is 0 Å². The second-order valence-electron chi connectivity index (χ2n) is 5.80. The van der Waals surface area contributed by atoms with Gasteiger partial charge in [0.25, 0.3) is 11.8 Å². The molecule has 4 rings (SSSR count). The van der Waals surface area contributed by atoms with Crippen molar-refractivity contribution in [2.75, 3.05) is 25.3 Å². The molecule has 0 saturated heterocycles. The quantitative estimate of drug-likeness (QED) is 0.872. The summed E-state index contributed by atoms with van der Waals surface area (Å²) in [6.45, 7) is 0.146. The summed E-state index contributed by atoms with van der Waals surface area (Å²) in [5, 5.41) is 2.85. The molecule has 0 saturated carbocycles. The summed E-state index contributed by atoms with van der Waals surface area (Å²) in [4.78, 5) is 26.7. The summed E-state index contributed by atoms with van der Waals surface area (Å²) in [5.41, 5.74) is 0.929. The molecule has 2 aromatic rings. The number of hydrogen-bond donors (Lipinski definition) is 1. The molecule has 0 radical (unpaired) electrons. The van der Waals surface area contributed by atoms with Gasteiger partial charge in [0.15, 0.2) is 17.6 Å². The Morgan fingerprint density at radius 1 is 1.19 bits per heavy atom. The molecule has 2 heterocycles. The Bertz CT molecular complexity index is 901. The van der Waals surface area contributed by atoms with Gasteiger partial charge in [-0.15, -0.1) is 0 Å². The molecule has 1 N–H and O–H groups in total. The number of halogens is 1. The number of fused-ring (bicyclic) bond motifs is 2. The highest BCUT2D eigenvalue weighted by molar-refractivity contribution is 6.33. The standard InChI is InChI=1S/C18H15ClN2O5/c1-20-17(22)15-8-21(12-4-2-3-5-13(12)26-15)18(23)10-6-11(19)16-14(7-10)24-9-25-16/h2-7,15H,8-9H2,1H3,(H,20,22)/t15-/m0/s1. The van der Waals surface area contributed by atoms with Crippen LogP contribution in [-0.2, 0) is 4.79 Å². The first-order valence-electron chi connectivity index (χ1n) is 7.97. The number of rotatable bonds is 2. The maximum atomic E-state index is 13.2. The normalized spacial score (nSPS) is 17.3. The average molecular weight is 375 g/mol. The van der Waals surface area contributed by atoms with Gasteiger partial charge in [0.05, 0.1) is 17.3 Å². The van der Waals surface area contributed by atoms with E-state index < -0.39 is 6.10 Å². The molecule has 8 heteroatoms. The number of para-hydroxylation sites is 2. The topological polar surface area (TPSA) is 77.1 Å². The van der Waals surface area contributed by atoms with Crippen LogP contribution in [0.1, 0.15) is 10.4 Å². The fourth-order valence-corrected chi connectivity index (χ4v) is 3.24. The molecule has 7 nitrogen and oxygen atoms in total. The Hall–Kier alpha value is -2.93. The van der Waals surface area contributed by atoms with Gasteiger partial charge in [0.2, 0.25) is 6.79 Å². The number of carbonyl (C=O) groups excluding carboxylic acids is 2. The Morgan fingerprint density at radius 2 is 2.00 bits per heavy atom. The van der Waals surface area contributed by atoms with E-state index in [1.807, 2.05) is 0 Å². The number of ether oxygens (including phenoxy) is 3. The predicted octanol–water partition coefficient (Wildman–Crippen LogP) is 2.22. The van der Waals surface area contributed by atoms with Crippen LogP contribution in [0.2, 0.25) is 5.02 Å². The zero-order chi connectivity index (χ0) is 18.3. The van der Waals surface area contributed by atoms with Crippen LogP contribution in [0.15, 0.2) is 36.4 Å². The maximum Gasteiger partial charge on any atom is 0.262 e. The van der Waals surface area contributed by atoms with Gasteiger partial charge in [-0.3, -0.25) is 9.59 Å². The van der Waals surface area contributed by atoms with Crippen LogP contribution in [-0.4, -0.2) is 38.3 Å². The Morgan fingerprint density at radius 3 is 2.81 bits per heavy atom. The number of likely N-dealkylation sites (N-methyl/N-ethyl adjacent to an activating group) is 1. The van der Waals surface area contributed by atoms with Gasteiger partial charge >= 0.3 is 0 Å². The molecule has 2 aliphatic rings. The number of nitrogens with zero attached hydrogens (tertiary/aromatic N) is 1. The van der Waals surface area contributed by atoms with E-state index in [0.29, 0.717) is 33.5 Å². The summed E-state index contributed by atoms with van der Waals surface area (Å²) < 4.78 is 16.3. The fourth-order valence-electron chi connectivity index (χ4n) is 2.97. The van der Waals surface area contributed by atoms with E-state index in [9.17, 15) is 9.59 Å². The molecule has 1 atom stereocenters. The third kappa shape index (κ3) is 2.70. The Kier molecular flexibility index (Phi) is 4.08. The van der Waals surface area contributed by atoms with E-state index in [0.717, 1.165) is 0 Å². The van der Waals surface area contributed by atoms with Crippen molar-refractivity contribution >= 4 is 29.1 Å². The van der Waals surface area contributed by atoms with Crippen molar-refractivity contribution in [1.29, 1.82) is 0 Å². The number of hydrogen-bond acceptors (Lipinski definition) is 5. The predicted molar refractivity (Wildman–Crippen MR) is 94.2 cm³/mol. The maximum absolute atomic E-state index is 13.2. The van der Waals surface area contributed by atoms with Crippen LogP contribution in [0, 0.1) is 0 Å². The van der Waals surface area contributed by atoms with E-state index in [2.05, 4.69) is 5.32 Å². The highest BCUT2D eigenvalue weighted by atomic mass is 35.5. The highest BCUT2D eigenvalue weighted by Crippen LogP contribution is 2.41. The van der Waals surface area contributed by atoms with Gasteiger partial charge in [-0.25, -0.2) is 0 Å². The molecule has 0 fully saturated rings. The SMILES string of the molecule is CNC(=O)[C@@H]1CN(C(=O)c2cc(Cl)c3c(c2)OCO3)c2ccccc2O1. The van der Waals surface area contributed by atoms with Crippen molar-refractivity contribution in [3.63, 3.8) is 0 Å². The van der Waals surface area contributed by atoms with Gasteiger partial charge in [-0.05, 0) is 24.3 Å². The minimum Gasteiger partial charge on any atom is -0.477 e. The van der Waals surface area contributed by atoms with Crippen LogP contribution >= 0.6 is 11.6 Å². The molecule has 0 aromatic heterocycles. The number of benzene rings is 2.